The first-order chi connectivity index (χ1) is 8.84. The largest absolute Gasteiger partial charge is 0.333 e. The Balaban J connectivity index is -0.000000328. The van der Waals surface area contributed by atoms with Crippen molar-refractivity contribution < 1.29 is 0 Å². The van der Waals surface area contributed by atoms with E-state index in [1.54, 1.807) is 0 Å². The highest BCUT2D eigenvalue weighted by Crippen LogP contribution is 2.11. The minimum atomic E-state index is 0.709. The van der Waals surface area contributed by atoms with E-state index < -0.39 is 0 Å². The fourth-order valence-corrected chi connectivity index (χ4v) is 1.03. The lowest BCUT2D eigenvalue weighted by Crippen LogP contribution is -2.21. The summed E-state index contributed by atoms with van der Waals surface area (Å²) in [5.74, 6) is 5.16. The van der Waals surface area contributed by atoms with E-state index in [9.17, 15) is 0 Å². The summed E-state index contributed by atoms with van der Waals surface area (Å²) in [6.45, 7) is 10.8. The Bertz CT molecular complexity index is 256. The summed E-state index contributed by atoms with van der Waals surface area (Å²) >= 11 is 0. The Labute approximate surface area is 113 Å². The van der Waals surface area contributed by atoms with Gasteiger partial charge in [-0.15, -0.1) is 0 Å². The number of nitrogens with one attached hydrogen (secondary N) is 1. The lowest BCUT2D eigenvalue weighted by molar-refractivity contribution is 0.824. The van der Waals surface area contributed by atoms with E-state index in [1.165, 1.54) is 18.2 Å². The molecule has 1 rings (SSSR count). The molecule has 18 heavy (non-hydrogen) atoms. The van der Waals surface area contributed by atoms with Gasteiger partial charge in [0.05, 0.1) is 0 Å². The quantitative estimate of drug-likeness (QED) is 0.572. The summed E-state index contributed by atoms with van der Waals surface area (Å²) < 4.78 is 0. The molecule has 0 bridgehead atoms. The van der Waals surface area contributed by atoms with Crippen molar-refractivity contribution in [1.29, 1.82) is 0 Å². The molecule has 0 aliphatic heterocycles. The fraction of sp³-hybridized carbons (Fsp3) is 0.467. The number of benzene rings is 1. The summed E-state index contributed by atoms with van der Waals surface area (Å²) in [5.41, 5.74) is 9.58. The van der Waals surface area contributed by atoms with E-state index in [4.69, 9.17) is 5.84 Å². The SMILES string of the molecule is C/C(=C\CNN)c1ccccc1.CC.CC.CN. The number of nitrogens with two attached hydrogens (primary N) is 2. The summed E-state index contributed by atoms with van der Waals surface area (Å²) in [6, 6.07) is 10.2. The highest BCUT2D eigenvalue weighted by Gasteiger charge is 1.91. The topological polar surface area (TPSA) is 64.1 Å². The highest BCUT2D eigenvalue weighted by molar-refractivity contribution is 5.63. The number of hydrazine groups is 1. The molecule has 0 atom stereocenters. The van der Waals surface area contributed by atoms with Crippen LogP contribution in [0.15, 0.2) is 36.4 Å². The van der Waals surface area contributed by atoms with Crippen LogP contribution in [0.2, 0.25) is 0 Å². The van der Waals surface area contributed by atoms with Crippen LogP contribution >= 0.6 is 0 Å². The Morgan fingerprint density at radius 2 is 1.50 bits per heavy atom. The number of hydrogen-bond acceptors (Lipinski definition) is 3. The first-order valence-electron chi connectivity index (χ1n) is 6.58. The zero-order chi connectivity index (χ0) is 14.8. The molecular weight excluding hydrogens is 222 g/mol. The zero-order valence-electron chi connectivity index (χ0n) is 12.8. The molecule has 5 N–H and O–H groups in total. The van der Waals surface area contributed by atoms with Crippen molar-refractivity contribution in [3.63, 3.8) is 0 Å². The van der Waals surface area contributed by atoms with Gasteiger partial charge in [-0.2, -0.15) is 0 Å². The molecule has 0 aromatic heterocycles. The number of rotatable bonds is 3. The van der Waals surface area contributed by atoms with Gasteiger partial charge in [-0.1, -0.05) is 64.1 Å². The first kappa shape index (κ1) is 22.1. The molecule has 0 heterocycles. The predicted molar refractivity (Wildman–Crippen MR) is 85.1 cm³/mol. The lowest BCUT2D eigenvalue weighted by Gasteiger charge is -2.00. The molecule has 1 aromatic carbocycles. The predicted octanol–water partition coefficient (Wildman–Crippen LogP) is 3.18. The third kappa shape index (κ3) is 12.9. The fourth-order valence-electron chi connectivity index (χ4n) is 1.03. The second kappa shape index (κ2) is 21.2. The van der Waals surface area contributed by atoms with Crippen LogP contribution in [0, 0.1) is 0 Å². The molecule has 0 spiro atoms. The second-order valence-electron chi connectivity index (χ2n) is 2.66. The van der Waals surface area contributed by atoms with Crippen LogP contribution in [0.4, 0.5) is 0 Å². The molecule has 3 heteroatoms. The molecule has 1 aromatic rings. The standard InChI is InChI=1S/C10H14N2.2C2H6.CH5N/c1-9(7-8-12-11)10-5-3-2-4-6-10;3*1-2/h2-7,12H,8,11H2,1H3;2*1-2H3;2H2,1H3/b9-7+;;;. The lowest BCUT2D eigenvalue weighted by atomic mass is 10.1. The van der Waals surface area contributed by atoms with Crippen LogP contribution in [-0.4, -0.2) is 13.6 Å². The van der Waals surface area contributed by atoms with Crippen LogP contribution < -0.4 is 17.0 Å². The van der Waals surface area contributed by atoms with Gasteiger partial charge in [-0.05, 0) is 25.1 Å². The number of allylic oxidation sites excluding steroid dienone is 1. The summed E-state index contributed by atoms with van der Waals surface area (Å²) in [7, 11) is 1.50. The van der Waals surface area contributed by atoms with E-state index in [0.29, 0.717) is 6.54 Å². The van der Waals surface area contributed by atoms with Gasteiger partial charge in [-0.3, -0.25) is 11.3 Å². The molecule has 106 valence electrons. The van der Waals surface area contributed by atoms with Crippen LogP contribution in [0.5, 0.6) is 0 Å². The van der Waals surface area contributed by atoms with Crippen LogP contribution in [0.3, 0.4) is 0 Å². The molecule has 0 radical (unpaired) electrons. The summed E-state index contributed by atoms with van der Waals surface area (Å²) in [5, 5.41) is 0. The van der Waals surface area contributed by atoms with Crippen LogP contribution in [0.25, 0.3) is 5.57 Å². The van der Waals surface area contributed by atoms with Crippen molar-refractivity contribution in [2.75, 3.05) is 13.6 Å². The van der Waals surface area contributed by atoms with Gasteiger partial charge >= 0.3 is 0 Å². The number of hydrogen-bond donors (Lipinski definition) is 3. The third-order valence-corrected chi connectivity index (χ3v) is 1.76. The van der Waals surface area contributed by atoms with Crippen LogP contribution in [-0.2, 0) is 0 Å². The van der Waals surface area contributed by atoms with Crippen molar-refractivity contribution in [2.45, 2.75) is 34.6 Å². The Morgan fingerprint density at radius 1 is 1.06 bits per heavy atom. The van der Waals surface area contributed by atoms with Gasteiger partial charge in [0.25, 0.3) is 0 Å². The molecule has 0 aliphatic rings. The Hall–Kier alpha value is -1.16. The van der Waals surface area contributed by atoms with Gasteiger partial charge in [0.2, 0.25) is 0 Å². The minimum Gasteiger partial charge on any atom is -0.333 e. The van der Waals surface area contributed by atoms with Gasteiger partial charge < -0.3 is 5.73 Å². The molecule has 0 fully saturated rings. The van der Waals surface area contributed by atoms with E-state index in [0.717, 1.165) is 0 Å². The first-order valence-corrected chi connectivity index (χ1v) is 6.58. The molecule has 3 nitrogen and oxygen atoms in total. The van der Waals surface area contributed by atoms with Crippen molar-refractivity contribution in [3.05, 3.63) is 42.0 Å². The normalized spacial score (nSPS) is 8.78. The maximum absolute atomic E-state index is 5.16. The minimum absolute atomic E-state index is 0.709. The Kier molecular flexibility index (Phi) is 25.9. The molecule has 0 aliphatic carbocycles. The third-order valence-electron chi connectivity index (χ3n) is 1.76. The zero-order valence-corrected chi connectivity index (χ0v) is 12.8. The second-order valence-corrected chi connectivity index (χ2v) is 2.66. The van der Waals surface area contributed by atoms with Crippen molar-refractivity contribution in [1.82, 2.24) is 5.43 Å². The van der Waals surface area contributed by atoms with Gasteiger partial charge in [0.15, 0.2) is 0 Å². The van der Waals surface area contributed by atoms with Crippen LogP contribution in [0.1, 0.15) is 40.2 Å². The molecule has 0 amide bonds. The van der Waals surface area contributed by atoms with E-state index >= 15 is 0 Å². The average Bonchev–Trinajstić information content (AvgIpc) is 2.51. The van der Waals surface area contributed by atoms with Gasteiger partial charge in [0.1, 0.15) is 0 Å². The highest BCUT2D eigenvalue weighted by atomic mass is 15.2. The average molecular weight is 253 g/mol. The maximum Gasteiger partial charge on any atom is 0.0284 e. The maximum atomic E-state index is 5.16. The molecule has 0 saturated carbocycles. The van der Waals surface area contributed by atoms with Gasteiger partial charge in [-0.25, -0.2) is 0 Å². The monoisotopic (exact) mass is 253 g/mol. The van der Waals surface area contributed by atoms with E-state index in [-0.39, 0.29) is 0 Å². The van der Waals surface area contributed by atoms with Crippen molar-refractivity contribution in [2.24, 2.45) is 11.6 Å². The Morgan fingerprint density at radius 3 is 1.89 bits per heavy atom. The van der Waals surface area contributed by atoms with Crippen molar-refractivity contribution >= 4 is 5.57 Å². The van der Waals surface area contributed by atoms with E-state index in [2.05, 4.69) is 36.3 Å². The molecule has 0 saturated heterocycles. The van der Waals surface area contributed by atoms with Crippen molar-refractivity contribution in [3.8, 4) is 0 Å². The summed E-state index contributed by atoms with van der Waals surface area (Å²) in [4.78, 5) is 0. The van der Waals surface area contributed by atoms with Gasteiger partial charge in [0, 0.05) is 6.54 Å². The molecule has 0 unspecified atom stereocenters. The molecular formula is C15H31N3. The summed E-state index contributed by atoms with van der Waals surface area (Å²) in [6.07, 6.45) is 2.06. The smallest absolute Gasteiger partial charge is 0.0284 e. The van der Waals surface area contributed by atoms with E-state index in [1.807, 2.05) is 45.9 Å².